The van der Waals surface area contributed by atoms with Crippen LogP contribution in [-0.2, 0) is 49.2 Å². The molecule has 1 aliphatic heterocycles. The third kappa shape index (κ3) is 4.50. The zero-order valence-corrected chi connectivity index (χ0v) is 22.1. The lowest BCUT2D eigenvalue weighted by molar-refractivity contribution is -0.206. The number of nitriles is 1. The molecule has 2 aromatic heterocycles. The highest BCUT2D eigenvalue weighted by molar-refractivity contribution is 7.90. The van der Waals surface area contributed by atoms with Crippen molar-refractivity contribution in [1.29, 1.82) is 5.26 Å². The molecule has 10 nitrogen and oxygen atoms in total. The minimum atomic E-state index is -4.31. The molecule has 1 amide bonds. The third-order valence-electron chi connectivity index (χ3n) is 7.65. The number of halogens is 1. The van der Waals surface area contributed by atoms with Gasteiger partial charge in [-0.15, -0.1) is 0 Å². The minimum absolute atomic E-state index is 0.0790. The summed E-state index contributed by atoms with van der Waals surface area (Å²) in [6, 6.07) is 8.00. The second kappa shape index (κ2) is 9.51. The number of nitrogens with zero attached hydrogens (tertiary/aromatic N) is 4. The maximum atomic E-state index is 15.0. The zero-order valence-electron chi connectivity index (χ0n) is 21.2. The highest BCUT2D eigenvalue weighted by Gasteiger charge is 2.46. The van der Waals surface area contributed by atoms with E-state index < -0.39 is 21.5 Å². The maximum Gasteiger partial charge on any atom is 0.283 e. The summed E-state index contributed by atoms with van der Waals surface area (Å²) >= 11 is 0. The lowest BCUT2D eigenvalue weighted by Gasteiger charge is -2.40. The number of carbonyl (C=O) groups is 1. The number of nitrogens with one attached hydrogen (secondary N) is 1. The molecule has 1 saturated heterocycles. The van der Waals surface area contributed by atoms with Crippen molar-refractivity contribution in [1.82, 2.24) is 19.5 Å². The molecule has 0 unspecified atom stereocenters. The van der Waals surface area contributed by atoms with Crippen molar-refractivity contribution < 1.29 is 27.1 Å². The number of carbonyl (C=O) groups excluding carboxylic acids is 1. The van der Waals surface area contributed by atoms with E-state index in [1.54, 1.807) is 17.9 Å². The van der Waals surface area contributed by atoms with Gasteiger partial charge in [-0.05, 0) is 78.1 Å². The highest BCUT2D eigenvalue weighted by Crippen LogP contribution is 2.42. The van der Waals surface area contributed by atoms with Crippen LogP contribution < -0.4 is 4.72 Å². The molecule has 1 N–H and O–H groups in total. The van der Waals surface area contributed by atoms with E-state index in [1.807, 2.05) is 6.07 Å². The lowest BCUT2D eigenvalue weighted by Crippen LogP contribution is -2.49. The van der Waals surface area contributed by atoms with Crippen molar-refractivity contribution in [2.75, 3.05) is 20.3 Å². The number of aromatic nitrogens is 3. The SMILES string of the molecule is COC1(c2cc(S(=O)(=O)NC(=O)Cc3c(-c4ccnc(C#N)c4)cc(F)c4c3CCC4)nn2C2CC2)COC1. The molecule has 39 heavy (non-hydrogen) atoms. The molecule has 0 spiro atoms. The zero-order chi connectivity index (χ0) is 27.4. The first-order valence-corrected chi connectivity index (χ1v) is 14.2. The summed E-state index contributed by atoms with van der Waals surface area (Å²) in [7, 11) is -2.76. The average molecular weight is 552 g/mol. The number of fused-ring (bicyclic) bond motifs is 1. The molecular weight excluding hydrogens is 525 g/mol. The van der Waals surface area contributed by atoms with Crippen LogP contribution in [0.25, 0.3) is 11.1 Å². The van der Waals surface area contributed by atoms with Gasteiger partial charge in [0.2, 0.25) is 5.91 Å². The fraction of sp³-hybridized carbons (Fsp3) is 0.407. The van der Waals surface area contributed by atoms with Crippen LogP contribution >= 0.6 is 0 Å². The molecule has 3 aromatic rings. The lowest BCUT2D eigenvalue weighted by atomic mass is 9.90. The van der Waals surface area contributed by atoms with Crippen molar-refractivity contribution >= 4 is 15.9 Å². The average Bonchev–Trinajstić information content (AvgIpc) is 3.42. The number of hydrogen-bond donors (Lipinski definition) is 1. The van der Waals surface area contributed by atoms with Crippen LogP contribution in [0.1, 0.15) is 53.4 Å². The van der Waals surface area contributed by atoms with E-state index >= 15 is 0 Å². The molecular formula is C27H26FN5O5S. The molecule has 0 atom stereocenters. The summed E-state index contributed by atoms with van der Waals surface area (Å²) in [5.74, 6) is -1.14. The quantitative estimate of drug-likeness (QED) is 0.451. The minimum Gasteiger partial charge on any atom is -0.374 e. The summed E-state index contributed by atoms with van der Waals surface area (Å²) in [4.78, 5) is 17.2. The molecule has 0 radical (unpaired) electrons. The van der Waals surface area contributed by atoms with Gasteiger partial charge in [0.15, 0.2) is 10.6 Å². The van der Waals surface area contributed by atoms with Gasteiger partial charge in [-0.1, -0.05) is 0 Å². The van der Waals surface area contributed by atoms with Gasteiger partial charge in [-0.2, -0.15) is 18.8 Å². The third-order valence-corrected chi connectivity index (χ3v) is 8.89. The summed E-state index contributed by atoms with van der Waals surface area (Å²) in [5, 5.41) is 13.4. The smallest absolute Gasteiger partial charge is 0.283 e. The maximum absolute atomic E-state index is 15.0. The Morgan fingerprint density at radius 1 is 1.28 bits per heavy atom. The molecule has 3 aliphatic rings. The molecule has 12 heteroatoms. The standard InChI is InChI=1S/C27H26FN5O5S/c1-37-27(14-38-15-27)24-12-26(31-33(24)18-5-6-18)39(35,36)32-25(34)11-22-19-3-2-4-20(19)23(28)10-21(22)16-7-8-30-17(9-16)13-29/h7-10,12,18H,2-6,11,14-15H2,1H3,(H,32,34). The van der Waals surface area contributed by atoms with Crippen LogP contribution in [0.4, 0.5) is 4.39 Å². The first-order chi connectivity index (χ1) is 18.7. The number of pyridine rings is 1. The van der Waals surface area contributed by atoms with Crippen LogP contribution in [0.3, 0.4) is 0 Å². The van der Waals surface area contributed by atoms with Crippen molar-refractivity contribution in [3.8, 4) is 17.2 Å². The van der Waals surface area contributed by atoms with Gasteiger partial charge < -0.3 is 9.47 Å². The fourth-order valence-corrected chi connectivity index (χ4v) is 6.36. The topological polar surface area (TPSA) is 136 Å². The summed E-state index contributed by atoms with van der Waals surface area (Å²) in [6.45, 7) is 0.573. The predicted molar refractivity (Wildman–Crippen MR) is 135 cm³/mol. The molecule has 3 heterocycles. The molecule has 202 valence electrons. The van der Waals surface area contributed by atoms with Gasteiger partial charge in [0.1, 0.15) is 17.6 Å². The summed E-state index contributed by atoms with van der Waals surface area (Å²) in [6.07, 6.45) is 4.76. The molecule has 1 aromatic carbocycles. The number of ether oxygens (including phenoxy) is 2. The first-order valence-electron chi connectivity index (χ1n) is 12.7. The molecule has 6 rings (SSSR count). The van der Waals surface area contributed by atoms with Crippen molar-refractivity contribution in [2.24, 2.45) is 0 Å². The molecule has 2 fully saturated rings. The Morgan fingerprint density at radius 3 is 2.72 bits per heavy atom. The molecule has 2 aliphatic carbocycles. The number of amides is 1. The Labute approximate surface area is 224 Å². The van der Waals surface area contributed by atoms with Crippen molar-refractivity contribution in [3.63, 3.8) is 0 Å². The monoisotopic (exact) mass is 551 g/mol. The molecule has 1 saturated carbocycles. The van der Waals surface area contributed by atoms with Gasteiger partial charge >= 0.3 is 0 Å². The number of hydrogen-bond acceptors (Lipinski definition) is 8. The van der Waals surface area contributed by atoms with Crippen LogP contribution in [0.2, 0.25) is 0 Å². The van der Waals surface area contributed by atoms with Gasteiger partial charge in [-0.3, -0.25) is 9.48 Å². The predicted octanol–water partition coefficient (Wildman–Crippen LogP) is 2.70. The Kier molecular flexibility index (Phi) is 6.25. The van der Waals surface area contributed by atoms with Crippen molar-refractivity contribution in [2.45, 2.75) is 55.2 Å². The largest absolute Gasteiger partial charge is 0.374 e. The fourth-order valence-electron chi connectivity index (χ4n) is 5.42. The Bertz CT molecular complexity index is 1630. The number of rotatable bonds is 8. The number of benzene rings is 1. The van der Waals surface area contributed by atoms with Gasteiger partial charge in [0.25, 0.3) is 10.0 Å². The van der Waals surface area contributed by atoms with E-state index in [4.69, 9.17) is 9.47 Å². The summed E-state index contributed by atoms with van der Waals surface area (Å²) in [5.41, 5.74) is 2.74. The van der Waals surface area contributed by atoms with E-state index in [-0.39, 0.29) is 42.2 Å². The highest BCUT2D eigenvalue weighted by atomic mass is 32.2. The van der Waals surface area contributed by atoms with Crippen molar-refractivity contribution in [3.05, 3.63) is 64.4 Å². The van der Waals surface area contributed by atoms with E-state index in [2.05, 4.69) is 14.8 Å². The van der Waals surface area contributed by atoms with E-state index in [0.717, 1.165) is 19.3 Å². The van der Waals surface area contributed by atoms with E-state index in [0.29, 0.717) is 46.4 Å². The van der Waals surface area contributed by atoms with Gasteiger partial charge in [-0.25, -0.2) is 14.1 Å². The number of sulfonamides is 1. The van der Waals surface area contributed by atoms with E-state index in [1.165, 1.54) is 24.4 Å². The summed E-state index contributed by atoms with van der Waals surface area (Å²) < 4.78 is 56.4. The number of methoxy groups -OCH3 is 1. The second-order valence-electron chi connectivity index (χ2n) is 10.2. The normalized spacial score (nSPS) is 17.8. The van der Waals surface area contributed by atoms with Crippen LogP contribution in [0, 0.1) is 17.1 Å². The van der Waals surface area contributed by atoms with Gasteiger partial charge in [0.05, 0.1) is 31.4 Å². The van der Waals surface area contributed by atoms with Crippen LogP contribution in [0.15, 0.2) is 35.5 Å². The second-order valence-corrected chi connectivity index (χ2v) is 11.8. The van der Waals surface area contributed by atoms with Crippen LogP contribution in [-0.4, -0.2) is 49.4 Å². The Morgan fingerprint density at radius 2 is 2.05 bits per heavy atom. The Hall–Kier alpha value is -3.66. The van der Waals surface area contributed by atoms with Crippen LogP contribution in [0.5, 0.6) is 0 Å². The Balaban J connectivity index is 1.32. The van der Waals surface area contributed by atoms with E-state index in [9.17, 15) is 22.9 Å². The van der Waals surface area contributed by atoms with Gasteiger partial charge in [0, 0.05) is 19.4 Å². The first kappa shape index (κ1) is 25.6. The molecule has 0 bridgehead atoms.